The van der Waals surface area contributed by atoms with Crippen LogP contribution >= 0.6 is 0 Å². The molecule has 1 aliphatic heterocycles. The van der Waals surface area contributed by atoms with Crippen molar-refractivity contribution in [3.05, 3.63) is 78.0 Å². The Labute approximate surface area is 187 Å². The van der Waals surface area contributed by atoms with E-state index < -0.39 is 6.10 Å². The first-order valence-corrected chi connectivity index (χ1v) is 10.5. The lowest BCUT2D eigenvalue weighted by molar-refractivity contribution is -0.127. The van der Waals surface area contributed by atoms with E-state index in [1.807, 2.05) is 55.5 Å². The number of fused-ring (bicyclic) bond motifs is 1. The Bertz CT molecular complexity index is 1120. The Morgan fingerprint density at radius 2 is 1.97 bits per heavy atom. The summed E-state index contributed by atoms with van der Waals surface area (Å²) in [6.07, 6.45) is 1.61. The van der Waals surface area contributed by atoms with Crippen LogP contribution in [0, 0.1) is 6.92 Å². The Hall–Kier alpha value is -3.87. The largest absolute Gasteiger partial charge is 0.495 e. The van der Waals surface area contributed by atoms with Gasteiger partial charge in [-0.3, -0.25) is 14.5 Å². The average molecular weight is 431 g/mol. The van der Waals surface area contributed by atoms with Gasteiger partial charge in [0.1, 0.15) is 5.75 Å². The van der Waals surface area contributed by atoms with Gasteiger partial charge in [0.15, 0.2) is 11.6 Å². The standard InChI is InChI=1S/C25H25N3O4/c1-17-12-13-20(31-2)19(16-17)27-22(29)11-7-15-28-24-21(10-6-14-26-24)32-23(25(28)30)18-8-4-3-5-9-18/h3-6,8-10,12-14,16,23H,7,11,15H2,1-2H3,(H,27,29)/t23-/m0/s1. The van der Waals surface area contributed by atoms with E-state index in [0.29, 0.717) is 36.0 Å². The highest BCUT2D eigenvalue weighted by molar-refractivity contribution is 5.99. The fourth-order valence-electron chi connectivity index (χ4n) is 3.68. The predicted octanol–water partition coefficient (Wildman–Crippen LogP) is 4.28. The Kier molecular flexibility index (Phi) is 6.35. The maximum absolute atomic E-state index is 13.2. The zero-order valence-electron chi connectivity index (χ0n) is 18.1. The smallest absolute Gasteiger partial charge is 0.274 e. The summed E-state index contributed by atoms with van der Waals surface area (Å²) in [6, 6.07) is 18.6. The third-order valence-electron chi connectivity index (χ3n) is 5.26. The first-order chi connectivity index (χ1) is 15.6. The van der Waals surface area contributed by atoms with Crippen molar-refractivity contribution in [3.8, 4) is 11.5 Å². The number of carbonyl (C=O) groups excluding carboxylic acids is 2. The second-order valence-corrected chi connectivity index (χ2v) is 7.58. The molecule has 32 heavy (non-hydrogen) atoms. The molecule has 7 nitrogen and oxygen atoms in total. The summed E-state index contributed by atoms with van der Waals surface area (Å²) in [4.78, 5) is 31.7. The van der Waals surface area contributed by atoms with E-state index in [4.69, 9.17) is 9.47 Å². The number of methoxy groups -OCH3 is 1. The van der Waals surface area contributed by atoms with Gasteiger partial charge in [0.05, 0.1) is 12.8 Å². The van der Waals surface area contributed by atoms with Gasteiger partial charge in [-0.05, 0) is 43.2 Å². The van der Waals surface area contributed by atoms with Crippen molar-refractivity contribution in [1.29, 1.82) is 0 Å². The van der Waals surface area contributed by atoms with Crippen LogP contribution in [-0.4, -0.2) is 30.5 Å². The molecule has 0 saturated heterocycles. The lowest BCUT2D eigenvalue weighted by Crippen LogP contribution is -2.42. The maximum atomic E-state index is 13.2. The minimum absolute atomic E-state index is 0.143. The second-order valence-electron chi connectivity index (χ2n) is 7.58. The Balaban J connectivity index is 1.44. The Morgan fingerprint density at radius 3 is 2.75 bits per heavy atom. The van der Waals surface area contributed by atoms with Crippen LogP contribution < -0.4 is 19.7 Å². The van der Waals surface area contributed by atoms with E-state index in [1.165, 1.54) is 0 Å². The van der Waals surface area contributed by atoms with Gasteiger partial charge in [-0.1, -0.05) is 36.4 Å². The molecule has 1 aromatic heterocycles. The molecular weight excluding hydrogens is 406 g/mol. The number of ether oxygens (including phenoxy) is 2. The molecule has 0 fully saturated rings. The van der Waals surface area contributed by atoms with Crippen LogP contribution in [0.3, 0.4) is 0 Å². The average Bonchev–Trinajstić information content (AvgIpc) is 2.81. The number of rotatable bonds is 7. The normalized spacial score (nSPS) is 15.0. The SMILES string of the molecule is COc1ccc(C)cc1NC(=O)CCCN1C(=O)[C@H](c2ccccc2)Oc2cccnc21. The highest BCUT2D eigenvalue weighted by atomic mass is 16.5. The van der Waals surface area contributed by atoms with Gasteiger partial charge in [-0.25, -0.2) is 4.98 Å². The Morgan fingerprint density at radius 1 is 1.16 bits per heavy atom. The molecule has 2 amide bonds. The molecule has 0 bridgehead atoms. The first kappa shape index (κ1) is 21.4. The number of nitrogens with zero attached hydrogens (tertiary/aromatic N) is 2. The quantitative estimate of drug-likeness (QED) is 0.604. The summed E-state index contributed by atoms with van der Waals surface area (Å²) >= 11 is 0. The molecule has 0 unspecified atom stereocenters. The summed E-state index contributed by atoms with van der Waals surface area (Å²) in [5.74, 6) is 1.30. The van der Waals surface area contributed by atoms with Gasteiger partial charge in [0, 0.05) is 24.7 Å². The van der Waals surface area contributed by atoms with Crippen molar-refractivity contribution in [3.63, 3.8) is 0 Å². The van der Waals surface area contributed by atoms with Gasteiger partial charge in [0.25, 0.3) is 5.91 Å². The van der Waals surface area contributed by atoms with E-state index in [1.54, 1.807) is 30.3 Å². The lowest BCUT2D eigenvalue weighted by atomic mass is 10.1. The molecule has 0 saturated carbocycles. The van der Waals surface area contributed by atoms with Gasteiger partial charge in [-0.15, -0.1) is 0 Å². The van der Waals surface area contributed by atoms with Crippen molar-refractivity contribution in [2.24, 2.45) is 0 Å². The van der Waals surface area contributed by atoms with Crippen molar-refractivity contribution in [2.75, 3.05) is 23.9 Å². The third kappa shape index (κ3) is 4.56. The molecule has 1 N–H and O–H groups in total. The molecule has 2 heterocycles. The van der Waals surface area contributed by atoms with Gasteiger partial charge >= 0.3 is 0 Å². The fraction of sp³-hybridized carbons (Fsp3) is 0.240. The zero-order chi connectivity index (χ0) is 22.5. The number of amides is 2. The number of carbonyl (C=O) groups is 2. The summed E-state index contributed by atoms with van der Waals surface area (Å²) in [5, 5.41) is 2.90. The van der Waals surface area contributed by atoms with Crippen molar-refractivity contribution < 1.29 is 19.1 Å². The highest BCUT2D eigenvalue weighted by Crippen LogP contribution is 2.37. The van der Waals surface area contributed by atoms with Crippen LogP contribution in [0.5, 0.6) is 11.5 Å². The molecule has 2 aromatic carbocycles. The van der Waals surface area contributed by atoms with Crippen LogP contribution in [0.1, 0.15) is 30.1 Å². The monoisotopic (exact) mass is 431 g/mol. The van der Waals surface area contributed by atoms with E-state index in [-0.39, 0.29) is 18.2 Å². The van der Waals surface area contributed by atoms with Crippen LogP contribution in [0.2, 0.25) is 0 Å². The van der Waals surface area contributed by atoms with Crippen molar-refractivity contribution in [1.82, 2.24) is 4.98 Å². The molecule has 1 aliphatic rings. The topological polar surface area (TPSA) is 80.8 Å². The summed E-state index contributed by atoms with van der Waals surface area (Å²) < 4.78 is 11.3. The fourth-order valence-corrected chi connectivity index (χ4v) is 3.68. The second kappa shape index (κ2) is 9.51. The minimum atomic E-state index is -0.738. The molecule has 3 aromatic rings. The molecule has 4 rings (SSSR count). The minimum Gasteiger partial charge on any atom is -0.495 e. The number of benzene rings is 2. The summed E-state index contributed by atoms with van der Waals surface area (Å²) in [6.45, 7) is 2.31. The third-order valence-corrected chi connectivity index (χ3v) is 5.26. The van der Waals surface area contributed by atoms with Crippen LogP contribution in [0.4, 0.5) is 11.5 Å². The number of nitrogens with one attached hydrogen (secondary N) is 1. The number of hydrogen-bond acceptors (Lipinski definition) is 5. The predicted molar refractivity (Wildman–Crippen MR) is 122 cm³/mol. The van der Waals surface area contributed by atoms with Crippen LogP contribution in [-0.2, 0) is 9.59 Å². The van der Waals surface area contributed by atoms with E-state index in [9.17, 15) is 9.59 Å². The zero-order valence-corrected chi connectivity index (χ0v) is 18.1. The van der Waals surface area contributed by atoms with Gasteiger partial charge < -0.3 is 14.8 Å². The van der Waals surface area contributed by atoms with Crippen molar-refractivity contribution in [2.45, 2.75) is 25.9 Å². The van der Waals surface area contributed by atoms with E-state index in [2.05, 4.69) is 10.3 Å². The van der Waals surface area contributed by atoms with Crippen LogP contribution in [0.15, 0.2) is 66.9 Å². The van der Waals surface area contributed by atoms with E-state index >= 15 is 0 Å². The number of pyridine rings is 1. The van der Waals surface area contributed by atoms with Crippen LogP contribution in [0.25, 0.3) is 0 Å². The number of anilines is 2. The molecule has 7 heteroatoms. The number of aromatic nitrogens is 1. The molecule has 0 aliphatic carbocycles. The molecule has 0 spiro atoms. The van der Waals surface area contributed by atoms with Crippen molar-refractivity contribution >= 4 is 23.3 Å². The highest BCUT2D eigenvalue weighted by Gasteiger charge is 2.36. The van der Waals surface area contributed by atoms with E-state index in [0.717, 1.165) is 11.1 Å². The molecule has 1 atom stereocenters. The molecule has 0 radical (unpaired) electrons. The lowest BCUT2D eigenvalue weighted by Gasteiger charge is -2.33. The summed E-state index contributed by atoms with van der Waals surface area (Å²) in [7, 11) is 1.57. The molecule has 164 valence electrons. The first-order valence-electron chi connectivity index (χ1n) is 10.5. The molecular formula is C25H25N3O4. The van der Waals surface area contributed by atoms with Gasteiger partial charge in [0.2, 0.25) is 12.0 Å². The maximum Gasteiger partial charge on any atom is 0.274 e. The number of aryl methyl sites for hydroxylation is 1. The summed E-state index contributed by atoms with van der Waals surface area (Å²) in [5.41, 5.74) is 2.44. The van der Waals surface area contributed by atoms with Gasteiger partial charge in [-0.2, -0.15) is 0 Å². The number of hydrogen-bond donors (Lipinski definition) is 1.